The predicted molar refractivity (Wildman–Crippen MR) is 53.6 cm³/mol. The maximum absolute atomic E-state index is 11.9. The molecular weight excluding hydrogens is 247 g/mol. The van der Waals surface area contributed by atoms with Crippen molar-refractivity contribution >= 4 is 34.2 Å². The van der Waals surface area contributed by atoms with Crippen molar-refractivity contribution in [1.82, 2.24) is 4.98 Å². The molecule has 7 heteroatoms. The molecule has 0 unspecified atom stereocenters. The van der Waals surface area contributed by atoms with E-state index in [1.54, 1.807) is 0 Å². The topological polar surface area (TPSA) is 22.1 Å². The van der Waals surface area contributed by atoms with Crippen molar-refractivity contribution in [3.05, 3.63) is 18.2 Å². The van der Waals surface area contributed by atoms with Gasteiger partial charge in [0.15, 0.2) is 0 Å². The van der Waals surface area contributed by atoms with Crippen LogP contribution in [0.3, 0.4) is 0 Å². The van der Waals surface area contributed by atoms with Crippen molar-refractivity contribution in [2.75, 3.05) is 0 Å². The van der Waals surface area contributed by atoms with Crippen LogP contribution in [0, 0.1) is 0 Å². The van der Waals surface area contributed by atoms with Gasteiger partial charge in [0.25, 0.3) is 0 Å². The van der Waals surface area contributed by atoms with Crippen molar-refractivity contribution < 1.29 is 17.9 Å². The lowest BCUT2D eigenvalue weighted by Crippen LogP contribution is -2.16. The SMILES string of the molecule is FC(F)(F)Oc1ccc2sc(S)nc2c1. The van der Waals surface area contributed by atoms with Crippen LogP contribution < -0.4 is 4.74 Å². The highest BCUT2D eigenvalue weighted by molar-refractivity contribution is 7.82. The van der Waals surface area contributed by atoms with Gasteiger partial charge in [-0.2, -0.15) is 0 Å². The monoisotopic (exact) mass is 251 g/mol. The molecule has 1 aromatic carbocycles. The Morgan fingerprint density at radius 3 is 2.73 bits per heavy atom. The summed E-state index contributed by atoms with van der Waals surface area (Å²) in [6, 6.07) is 4.01. The molecule has 80 valence electrons. The number of thiol groups is 1. The van der Waals surface area contributed by atoms with E-state index in [1.807, 2.05) is 0 Å². The summed E-state index contributed by atoms with van der Waals surface area (Å²) in [5, 5.41) is 0. The van der Waals surface area contributed by atoms with Gasteiger partial charge < -0.3 is 4.74 Å². The zero-order valence-electron chi connectivity index (χ0n) is 7.08. The molecule has 0 radical (unpaired) electrons. The smallest absolute Gasteiger partial charge is 0.406 e. The highest BCUT2D eigenvalue weighted by atomic mass is 32.2. The van der Waals surface area contributed by atoms with Crippen molar-refractivity contribution in [2.45, 2.75) is 10.7 Å². The molecule has 0 aliphatic heterocycles. The summed E-state index contributed by atoms with van der Waals surface area (Å²) in [5.41, 5.74) is 0.451. The quantitative estimate of drug-likeness (QED) is 0.784. The van der Waals surface area contributed by atoms with Crippen LogP contribution in [-0.4, -0.2) is 11.3 Å². The van der Waals surface area contributed by atoms with Gasteiger partial charge in [0.05, 0.1) is 10.2 Å². The van der Waals surface area contributed by atoms with Crippen LogP contribution in [0.4, 0.5) is 13.2 Å². The minimum Gasteiger partial charge on any atom is -0.406 e. The number of hydrogen-bond acceptors (Lipinski definition) is 4. The lowest BCUT2D eigenvalue weighted by atomic mass is 10.3. The number of fused-ring (bicyclic) bond motifs is 1. The van der Waals surface area contributed by atoms with Gasteiger partial charge >= 0.3 is 6.36 Å². The second-order valence-electron chi connectivity index (χ2n) is 2.67. The molecule has 0 fully saturated rings. The van der Waals surface area contributed by atoms with Crippen molar-refractivity contribution in [3.8, 4) is 5.75 Å². The number of rotatable bonds is 1. The van der Waals surface area contributed by atoms with Crippen LogP contribution >= 0.6 is 24.0 Å². The Labute approximate surface area is 92.1 Å². The number of alkyl halides is 3. The fraction of sp³-hybridized carbons (Fsp3) is 0.125. The molecule has 2 nitrogen and oxygen atoms in total. The molecule has 0 saturated heterocycles. The van der Waals surface area contributed by atoms with E-state index in [-0.39, 0.29) is 5.75 Å². The van der Waals surface area contributed by atoms with E-state index in [2.05, 4.69) is 22.3 Å². The molecule has 0 N–H and O–H groups in total. The first kappa shape index (κ1) is 10.6. The summed E-state index contributed by atoms with van der Waals surface area (Å²) in [5.74, 6) is -0.270. The van der Waals surface area contributed by atoms with E-state index >= 15 is 0 Å². The number of aromatic nitrogens is 1. The minimum absolute atomic E-state index is 0.270. The molecule has 15 heavy (non-hydrogen) atoms. The van der Waals surface area contributed by atoms with Gasteiger partial charge in [-0.1, -0.05) is 0 Å². The van der Waals surface area contributed by atoms with Gasteiger partial charge in [-0.3, -0.25) is 0 Å². The van der Waals surface area contributed by atoms with E-state index in [0.717, 1.165) is 4.70 Å². The van der Waals surface area contributed by atoms with E-state index in [4.69, 9.17) is 0 Å². The molecule has 0 spiro atoms. The van der Waals surface area contributed by atoms with Crippen molar-refractivity contribution in [1.29, 1.82) is 0 Å². The summed E-state index contributed by atoms with van der Waals surface area (Å²) >= 11 is 5.30. The predicted octanol–water partition coefficient (Wildman–Crippen LogP) is 3.48. The Balaban J connectivity index is 2.38. The number of benzene rings is 1. The van der Waals surface area contributed by atoms with Gasteiger partial charge in [0.2, 0.25) is 0 Å². The van der Waals surface area contributed by atoms with E-state index in [1.165, 1.54) is 29.5 Å². The minimum atomic E-state index is -4.67. The summed E-state index contributed by atoms with van der Waals surface area (Å²) in [7, 11) is 0. The summed E-state index contributed by atoms with van der Waals surface area (Å²) in [6.45, 7) is 0. The molecule has 0 bridgehead atoms. The van der Waals surface area contributed by atoms with Crippen molar-refractivity contribution in [3.63, 3.8) is 0 Å². The van der Waals surface area contributed by atoms with Crippen LogP contribution in [-0.2, 0) is 0 Å². The third kappa shape index (κ3) is 2.54. The summed E-state index contributed by atoms with van der Waals surface area (Å²) in [6.07, 6.45) is -4.67. The highest BCUT2D eigenvalue weighted by Crippen LogP contribution is 2.30. The lowest BCUT2D eigenvalue weighted by Gasteiger charge is -2.07. The molecule has 0 amide bonds. The Hall–Kier alpha value is -0.950. The molecule has 1 aromatic heterocycles. The maximum atomic E-state index is 11.9. The molecule has 2 rings (SSSR count). The Kier molecular flexibility index (Phi) is 2.51. The van der Waals surface area contributed by atoms with Crippen LogP contribution in [0.25, 0.3) is 10.2 Å². The number of hydrogen-bond donors (Lipinski definition) is 1. The van der Waals surface area contributed by atoms with Gasteiger partial charge in [0.1, 0.15) is 10.1 Å². The molecule has 0 atom stereocenters. The average molecular weight is 251 g/mol. The first-order valence-electron chi connectivity index (χ1n) is 3.79. The van der Waals surface area contributed by atoms with Gasteiger partial charge in [-0.05, 0) is 12.1 Å². The number of thiazole rings is 1. The number of ether oxygens (including phenoxy) is 1. The van der Waals surface area contributed by atoms with E-state index in [9.17, 15) is 13.2 Å². The first-order chi connectivity index (χ1) is 6.94. The molecule has 0 aliphatic rings. The Morgan fingerprint density at radius 1 is 1.33 bits per heavy atom. The van der Waals surface area contributed by atoms with Gasteiger partial charge in [0, 0.05) is 6.07 Å². The lowest BCUT2D eigenvalue weighted by molar-refractivity contribution is -0.274. The summed E-state index contributed by atoms with van der Waals surface area (Å²) in [4.78, 5) is 3.94. The Bertz CT molecular complexity index is 494. The highest BCUT2D eigenvalue weighted by Gasteiger charge is 2.31. The normalized spacial score (nSPS) is 12.0. The van der Waals surface area contributed by atoms with Gasteiger partial charge in [-0.25, -0.2) is 4.98 Å². The molecular formula is C8H4F3NOS2. The zero-order valence-corrected chi connectivity index (χ0v) is 8.79. The van der Waals surface area contributed by atoms with E-state index in [0.29, 0.717) is 9.86 Å². The van der Waals surface area contributed by atoms with Crippen LogP contribution in [0.1, 0.15) is 0 Å². The number of nitrogens with zero attached hydrogens (tertiary/aromatic N) is 1. The summed E-state index contributed by atoms with van der Waals surface area (Å²) < 4.78 is 40.7. The van der Waals surface area contributed by atoms with Crippen LogP contribution in [0.15, 0.2) is 22.5 Å². The fourth-order valence-corrected chi connectivity index (χ4v) is 2.18. The van der Waals surface area contributed by atoms with Gasteiger partial charge in [-0.15, -0.1) is 37.1 Å². The average Bonchev–Trinajstić information content (AvgIpc) is 2.40. The van der Waals surface area contributed by atoms with Crippen LogP contribution in [0.2, 0.25) is 0 Å². The Morgan fingerprint density at radius 2 is 2.07 bits per heavy atom. The molecule has 1 heterocycles. The largest absolute Gasteiger partial charge is 0.573 e. The standard InChI is InChI=1S/C8H4F3NOS2/c9-8(10,11)13-4-1-2-6-5(3-4)12-7(14)15-6/h1-3H,(H,12,14). The second-order valence-corrected chi connectivity index (χ2v) is 4.43. The van der Waals surface area contributed by atoms with Crippen LogP contribution in [0.5, 0.6) is 5.75 Å². The first-order valence-corrected chi connectivity index (χ1v) is 5.06. The molecule has 0 saturated carbocycles. The molecule has 0 aliphatic carbocycles. The fourth-order valence-electron chi connectivity index (χ4n) is 1.09. The zero-order chi connectivity index (χ0) is 11.1. The second kappa shape index (κ2) is 3.57. The maximum Gasteiger partial charge on any atom is 0.573 e. The van der Waals surface area contributed by atoms with Crippen molar-refractivity contribution in [2.24, 2.45) is 0 Å². The third-order valence-corrected chi connectivity index (χ3v) is 2.79. The molecule has 2 aromatic rings. The third-order valence-electron chi connectivity index (χ3n) is 1.58. The number of halogens is 3. The van der Waals surface area contributed by atoms with E-state index < -0.39 is 6.36 Å².